The molecule has 0 aromatic carbocycles. The Balaban J connectivity index is 2.44. The summed E-state index contributed by atoms with van der Waals surface area (Å²) in [6, 6.07) is -1.96. The summed E-state index contributed by atoms with van der Waals surface area (Å²) < 4.78 is 61.5. The molecule has 96 valence electrons. The molecule has 0 aromatic rings. The zero-order chi connectivity index (χ0) is 12.4. The van der Waals surface area contributed by atoms with E-state index in [1.165, 1.54) is 6.92 Å². The van der Waals surface area contributed by atoms with Crippen LogP contribution in [0.15, 0.2) is 0 Å². The average molecular weight is 260 g/mol. The van der Waals surface area contributed by atoms with E-state index in [9.17, 15) is 21.6 Å². The van der Waals surface area contributed by atoms with Gasteiger partial charge in [-0.05, 0) is 19.8 Å². The lowest BCUT2D eigenvalue weighted by Gasteiger charge is -2.31. The van der Waals surface area contributed by atoms with Crippen molar-refractivity contribution < 1.29 is 21.6 Å². The predicted molar refractivity (Wildman–Crippen MR) is 53.5 cm³/mol. The molecular weight excluding hydrogens is 245 g/mol. The van der Waals surface area contributed by atoms with Crippen molar-refractivity contribution in [1.82, 2.24) is 10.0 Å². The lowest BCUT2D eigenvalue weighted by atomic mass is 10.0. The highest BCUT2D eigenvalue weighted by Crippen LogP contribution is 2.26. The van der Waals surface area contributed by atoms with Gasteiger partial charge in [0.2, 0.25) is 10.0 Å². The minimum atomic E-state index is -4.26. The molecule has 1 heterocycles. The SMILES string of the molecule is CCS(=O)(=O)NC1CCC(C(F)(F)F)NC1. The summed E-state index contributed by atoms with van der Waals surface area (Å²) in [4.78, 5) is 0. The summed E-state index contributed by atoms with van der Waals surface area (Å²) in [6.45, 7) is 1.50. The molecule has 1 aliphatic rings. The van der Waals surface area contributed by atoms with E-state index in [1.54, 1.807) is 0 Å². The number of piperidine rings is 1. The van der Waals surface area contributed by atoms with Crippen molar-refractivity contribution in [1.29, 1.82) is 0 Å². The molecule has 1 aliphatic heterocycles. The Morgan fingerprint density at radius 1 is 1.38 bits per heavy atom. The van der Waals surface area contributed by atoms with Crippen LogP contribution in [-0.4, -0.2) is 39.0 Å². The van der Waals surface area contributed by atoms with Gasteiger partial charge in [0.05, 0.1) is 5.75 Å². The Morgan fingerprint density at radius 2 is 2.00 bits per heavy atom. The normalized spacial score (nSPS) is 28.0. The van der Waals surface area contributed by atoms with Gasteiger partial charge in [0.25, 0.3) is 0 Å². The molecule has 0 aliphatic carbocycles. The van der Waals surface area contributed by atoms with Crippen molar-refractivity contribution in [3.63, 3.8) is 0 Å². The average Bonchev–Trinajstić information content (AvgIpc) is 2.16. The van der Waals surface area contributed by atoms with Crippen LogP contribution in [0.2, 0.25) is 0 Å². The fourth-order valence-electron chi connectivity index (χ4n) is 1.57. The molecule has 2 N–H and O–H groups in total. The van der Waals surface area contributed by atoms with Gasteiger partial charge in [-0.15, -0.1) is 0 Å². The van der Waals surface area contributed by atoms with Crippen LogP contribution in [0.5, 0.6) is 0 Å². The van der Waals surface area contributed by atoms with Crippen LogP contribution in [0.3, 0.4) is 0 Å². The second-order valence-corrected chi connectivity index (χ2v) is 5.84. The summed E-state index contributed by atoms with van der Waals surface area (Å²) >= 11 is 0. The van der Waals surface area contributed by atoms with Gasteiger partial charge in [-0.2, -0.15) is 13.2 Å². The topological polar surface area (TPSA) is 58.2 Å². The van der Waals surface area contributed by atoms with Crippen LogP contribution in [0.25, 0.3) is 0 Å². The molecule has 0 spiro atoms. The summed E-state index contributed by atoms with van der Waals surface area (Å²) in [5.41, 5.74) is 0. The first kappa shape index (κ1) is 13.7. The Kier molecular flexibility index (Phi) is 4.19. The van der Waals surface area contributed by atoms with Gasteiger partial charge in [-0.1, -0.05) is 0 Å². The van der Waals surface area contributed by atoms with Crippen molar-refractivity contribution in [2.24, 2.45) is 0 Å². The van der Waals surface area contributed by atoms with Gasteiger partial charge in [0, 0.05) is 12.6 Å². The van der Waals surface area contributed by atoms with E-state index >= 15 is 0 Å². The van der Waals surface area contributed by atoms with Gasteiger partial charge in [-0.25, -0.2) is 13.1 Å². The zero-order valence-electron chi connectivity index (χ0n) is 8.84. The molecule has 1 rings (SSSR count). The first-order valence-corrected chi connectivity index (χ1v) is 6.70. The lowest BCUT2D eigenvalue weighted by molar-refractivity contribution is -0.160. The molecule has 0 aromatic heterocycles. The van der Waals surface area contributed by atoms with E-state index in [2.05, 4.69) is 10.0 Å². The summed E-state index contributed by atoms with van der Waals surface area (Å²) in [6.07, 6.45) is -4.15. The number of nitrogens with one attached hydrogen (secondary N) is 2. The first-order chi connectivity index (χ1) is 7.24. The number of hydrogen-bond acceptors (Lipinski definition) is 3. The van der Waals surface area contributed by atoms with E-state index in [4.69, 9.17) is 0 Å². The Bertz CT molecular complexity index is 321. The second-order valence-electron chi connectivity index (χ2n) is 3.80. The maximum Gasteiger partial charge on any atom is 0.403 e. The van der Waals surface area contributed by atoms with Gasteiger partial charge in [0.15, 0.2) is 0 Å². The molecule has 2 unspecified atom stereocenters. The first-order valence-electron chi connectivity index (χ1n) is 5.04. The molecule has 0 saturated carbocycles. The third-order valence-electron chi connectivity index (χ3n) is 2.54. The fourth-order valence-corrected chi connectivity index (χ4v) is 2.45. The quantitative estimate of drug-likeness (QED) is 0.781. The number of hydrogen-bond donors (Lipinski definition) is 2. The van der Waals surface area contributed by atoms with Crippen molar-refractivity contribution >= 4 is 10.0 Å². The van der Waals surface area contributed by atoms with E-state index in [-0.39, 0.29) is 25.1 Å². The van der Waals surface area contributed by atoms with Crippen LogP contribution in [0.1, 0.15) is 19.8 Å². The fraction of sp³-hybridized carbons (Fsp3) is 1.00. The van der Waals surface area contributed by atoms with Gasteiger partial charge in [-0.3, -0.25) is 0 Å². The Hall–Kier alpha value is -0.340. The molecule has 4 nitrogen and oxygen atoms in total. The van der Waals surface area contributed by atoms with Crippen molar-refractivity contribution in [3.8, 4) is 0 Å². The van der Waals surface area contributed by atoms with Crippen LogP contribution in [0.4, 0.5) is 13.2 Å². The molecule has 0 radical (unpaired) electrons. The lowest BCUT2D eigenvalue weighted by Crippen LogP contribution is -2.54. The highest BCUT2D eigenvalue weighted by Gasteiger charge is 2.41. The number of alkyl halides is 3. The molecule has 1 saturated heterocycles. The molecule has 16 heavy (non-hydrogen) atoms. The summed E-state index contributed by atoms with van der Waals surface area (Å²) in [5, 5.41) is 2.30. The molecule has 0 amide bonds. The highest BCUT2D eigenvalue weighted by atomic mass is 32.2. The van der Waals surface area contributed by atoms with E-state index in [0.717, 1.165) is 0 Å². The monoisotopic (exact) mass is 260 g/mol. The van der Waals surface area contributed by atoms with Crippen LogP contribution < -0.4 is 10.0 Å². The van der Waals surface area contributed by atoms with E-state index in [1.807, 2.05) is 0 Å². The van der Waals surface area contributed by atoms with E-state index < -0.39 is 28.3 Å². The standard InChI is InChI=1S/C8H15F3N2O2S/c1-2-16(14,15)13-6-3-4-7(12-5-6)8(9,10)11/h6-7,12-13H,2-5H2,1H3. The second kappa shape index (κ2) is 4.89. The molecule has 0 bridgehead atoms. The maximum absolute atomic E-state index is 12.3. The number of sulfonamides is 1. The minimum absolute atomic E-state index is 0.0173. The zero-order valence-corrected chi connectivity index (χ0v) is 9.66. The van der Waals surface area contributed by atoms with Crippen molar-refractivity contribution in [2.45, 2.75) is 38.0 Å². The molecule has 8 heteroatoms. The third kappa shape index (κ3) is 3.91. The largest absolute Gasteiger partial charge is 0.403 e. The van der Waals surface area contributed by atoms with Crippen LogP contribution in [-0.2, 0) is 10.0 Å². The smallest absolute Gasteiger partial charge is 0.305 e. The molecular formula is C8H15F3N2O2S. The Morgan fingerprint density at radius 3 is 2.38 bits per heavy atom. The predicted octanol–water partition coefficient (Wildman–Crippen LogP) is 0.609. The Labute approximate surface area is 92.6 Å². The molecule has 1 fully saturated rings. The van der Waals surface area contributed by atoms with Gasteiger partial charge >= 0.3 is 6.18 Å². The third-order valence-corrected chi connectivity index (χ3v) is 3.99. The van der Waals surface area contributed by atoms with Crippen molar-refractivity contribution in [3.05, 3.63) is 0 Å². The maximum atomic E-state index is 12.3. The highest BCUT2D eigenvalue weighted by molar-refractivity contribution is 7.89. The summed E-state index contributed by atoms with van der Waals surface area (Å²) in [5.74, 6) is -0.0633. The van der Waals surface area contributed by atoms with Crippen molar-refractivity contribution in [2.75, 3.05) is 12.3 Å². The van der Waals surface area contributed by atoms with Gasteiger partial charge < -0.3 is 5.32 Å². The van der Waals surface area contributed by atoms with Crippen LogP contribution >= 0.6 is 0 Å². The number of halogens is 3. The van der Waals surface area contributed by atoms with Gasteiger partial charge in [0.1, 0.15) is 6.04 Å². The number of rotatable bonds is 3. The molecule has 2 atom stereocenters. The van der Waals surface area contributed by atoms with Crippen LogP contribution in [0, 0.1) is 0 Å². The van der Waals surface area contributed by atoms with E-state index in [0.29, 0.717) is 0 Å². The minimum Gasteiger partial charge on any atom is -0.305 e. The summed E-state index contributed by atoms with van der Waals surface area (Å²) in [7, 11) is -3.34.